The van der Waals surface area contributed by atoms with E-state index in [0.29, 0.717) is 20.8 Å². The first-order valence-corrected chi connectivity index (χ1v) is 7.69. The molecule has 2 rings (SSSR count). The summed E-state index contributed by atoms with van der Waals surface area (Å²) in [5.41, 5.74) is 1.72. The van der Waals surface area contributed by atoms with Crippen LogP contribution in [0.3, 0.4) is 0 Å². The third kappa shape index (κ3) is 4.28. The maximum Gasteiger partial charge on any atom is 0.179 e. The second-order valence-electron chi connectivity index (χ2n) is 4.50. The second-order valence-corrected chi connectivity index (χ2v) is 6.79. The highest BCUT2D eigenvalue weighted by molar-refractivity contribution is 7.20. The molecule has 2 heterocycles. The Kier molecular flexibility index (Phi) is 5.54. The van der Waals surface area contributed by atoms with Crippen LogP contribution < -0.4 is 0 Å². The molecule has 0 aliphatic heterocycles. The number of thiophene rings is 1. The summed E-state index contributed by atoms with van der Waals surface area (Å²) in [5.74, 6) is -0.00428. The number of carbonyl (C=O) groups excluding carboxylic acids is 1. The van der Waals surface area contributed by atoms with Crippen molar-refractivity contribution < 1.29 is 4.79 Å². The molecule has 20 heavy (non-hydrogen) atoms. The van der Waals surface area contributed by atoms with Crippen LogP contribution in [0.4, 0.5) is 0 Å². The van der Waals surface area contributed by atoms with Crippen molar-refractivity contribution in [2.24, 2.45) is 0 Å². The van der Waals surface area contributed by atoms with Crippen LogP contribution >= 0.6 is 34.5 Å². The molecule has 6 heteroatoms. The van der Waals surface area contributed by atoms with Gasteiger partial charge in [-0.1, -0.05) is 23.2 Å². The molecular weight excluding hydrogens is 315 g/mol. The number of rotatable bonds is 6. The molecule has 0 aromatic carbocycles. The van der Waals surface area contributed by atoms with E-state index in [4.69, 9.17) is 23.2 Å². The Morgan fingerprint density at radius 3 is 2.65 bits per heavy atom. The van der Waals surface area contributed by atoms with Crippen molar-refractivity contribution in [3.05, 3.63) is 50.4 Å². The number of hydrogen-bond donors (Lipinski definition) is 0. The number of carbonyl (C=O) groups is 1. The van der Waals surface area contributed by atoms with Gasteiger partial charge in [0.2, 0.25) is 0 Å². The quantitative estimate of drug-likeness (QED) is 0.756. The first-order valence-electron chi connectivity index (χ1n) is 6.11. The van der Waals surface area contributed by atoms with Crippen molar-refractivity contribution >= 4 is 40.3 Å². The fourth-order valence-electron chi connectivity index (χ4n) is 1.81. The van der Waals surface area contributed by atoms with Crippen molar-refractivity contribution in [1.82, 2.24) is 9.88 Å². The van der Waals surface area contributed by atoms with E-state index >= 15 is 0 Å². The van der Waals surface area contributed by atoms with Crippen LogP contribution in [-0.2, 0) is 6.42 Å². The Labute approximate surface area is 132 Å². The van der Waals surface area contributed by atoms with Gasteiger partial charge in [-0.05, 0) is 37.2 Å². The Bertz CT molecular complexity index is 586. The van der Waals surface area contributed by atoms with Crippen molar-refractivity contribution in [3.8, 4) is 0 Å². The van der Waals surface area contributed by atoms with Crippen LogP contribution in [0.1, 0.15) is 15.9 Å². The highest BCUT2D eigenvalue weighted by Gasteiger charge is 2.15. The SMILES string of the molecule is CN(CCc1ccncc1)CC(=O)c1cc(Cl)sc1Cl. The Hall–Kier alpha value is -0.940. The molecule has 0 spiro atoms. The maximum atomic E-state index is 12.1. The molecule has 0 saturated heterocycles. The smallest absolute Gasteiger partial charge is 0.179 e. The van der Waals surface area contributed by atoms with E-state index < -0.39 is 0 Å². The number of hydrogen-bond acceptors (Lipinski definition) is 4. The molecule has 2 aromatic heterocycles. The molecule has 2 aromatic rings. The average Bonchev–Trinajstić information content (AvgIpc) is 2.77. The topological polar surface area (TPSA) is 33.2 Å². The van der Waals surface area contributed by atoms with E-state index in [2.05, 4.69) is 4.98 Å². The van der Waals surface area contributed by atoms with E-state index in [1.807, 2.05) is 24.1 Å². The summed E-state index contributed by atoms with van der Waals surface area (Å²) in [7, 11) is 1.92. The van der Waals surface area contributed by atoms with E-state index in [-0.39, 0.29) is 5.78 Å². The molecule has 0 unspecified atom stereocenters. The van der Waals surface area contributed by atoms with Crippen LogP contribution in [0, 0.1) is 0 Å². The van der Waals surface area contributed by atoms with E-state index in [0.717, 1.165) is 13.0 Å². The van der Waals surface area contributed by atoms with Crippen LogP contribution in [0.15, 0.2) is 30.6 Å². The summed E-state index contributed by atoms with van der Waals surface area (Å²) in [6.07, 6.45) is 4.42. The highest BCUT2D eigenvalue weighted by atomic mass is 35.5. The summed E-state index contributed by atoms with van der Waals surface area (Å²) in [4.78, 5) is 18.1. The lowest BCUT2D eigenvalue weighted by atomic mass is 10.2. The minimum absolute atomic E-state index is 0.00428. The molecule has 0 aliphatic carbocycles. The van der Waals surface area contributed by atoms with E-state index in [1.54, 1.807) is 18.5 Å². The molecule has 0 aliphatic rings. The summed E-state index contributed by atoms with van der Waals surface area (Å²) in [6, 6.07) is 5.59. The Morgan fingerprint density at radius 1 is 1.35 bits per heavy atom. The number of pyridine rings is 1. The van der Waals surface area contributed by atoms with Gasteiger partial charge in [0, 0.05) is 18.9 Å². The number of ketones is 1. The molecule has 0 N–H and O–H groups in total. The van der Waals surface area contributed by atoms with Crippen molar-refractivity contribution in [1.29, 1.82) is 0 Å². The lowest BCUT2D eigenvalue weighted by Crippen LogP contribution is -2.28. The van der Waals surface area contributed by atoms with Gasteiger partial charge in [0.25, 0.3) is 0 Å². The minimum atomic E-state index is -0.00428. The Morgan fingerprint density at radius 2 is 2.05 bits per heavy atom. The van der Waals surface area contributed by atoms with Gasteiger partial charge in [0.05, 0.1) is 16.4 Å². The largest absolute Gasteiger partial charge is 0.299 e. The minimum Gasteiger partial charge on any atom is -0.299 e. The van der Waals surface area contributed by atoms with Crippen molar-refractivity contribution in [2.45, 2.75) is 6.42 Å². The zero-order chi connectivity index (χ0) is 14.5. The zero-order valence-corrected chi connectivity index (χ0v) is 13.3. The molecule has 106 valence electrons. The lowest BCUT2D eigenvalue weighted by molar-refractivity contribution is 0.0947. The van der Waals surface area contributed by atoms with Gasteiger partial charge >= 0.3 is 0 Å². The van der Waals surface area contributed by atoms with Crippen LogP contribution in [0.5, 0.6) is 0 Å². The molecule has 0 radical (unpaired) electrons. The summed E-state index contributed by atoms with van der Waals surface area (Å²) in [5, 5.41) is 0. The van der Waals surface area contributed by atoms with Crippen molar-refractivity contribution in [3.63, 3.8) is 0 Å². The predicted molar refractivity (Wildman–Crippen MR) is 84.1 cm³/mol. The normalized spacial score (nSPS) is 11.0. The monoisotopic (exact) mass is 328 g/mol. The molecule has 3 nitrogen and oxygen atoms in total. The summed E-state index contributed by atoms with van der Waals surface area (Å²) < 4.78 is 1.00. The fraction of sp³-hybridized carbons (Fsp3) is 0.286. The molecule has 0 amide bonds. The van der Waals surface area contributed by atoms with Gasteiger partial charge in [-0.2, -0.15) is 0 Å². The van der Waals surface area contributed by atoms with Crippen molar-refractivity contribution in [2.75, 3.05) is 20.1 Å². The lowest BCUT2D eigenvalue weighted by Gasteiger charge is -2.15. The molecular formula is C14H14Cl2N2OS. The summed E-state index contributed by atoms with van der Waals surface area (Å²) in [6.45, 7) is 1.13. The van der Waals surface area contributed by atoms with E-state index in [9.17, 15) is 4.79 Å². The number of Topliss-reactive ketones (excluding diaryl/α,β-unsaturated/α-hetero) is 1. The molecule has 0 fully saturated rings. The molecule has 0 atom stereocenters. The maximum absolute atomic E-state index is 12.1. The van der Waals surface area contributed by atoms with Crippen LogP contribution in [0.2, 0.25) is 8.67 Å². The molecule has 0 saturated carbocycles. The van der Waals surface area contributed by atoms with Crippen LogP contribution in [-0.4, -0.2) is 35.8 Å². The van der Waals surface area contributed by atoms with Gasteiger partial charge < -0.3 is 0 Å². The Balaban J connectivity index is 1.87. The van der Waals surface area contributed by atoms with E-state index in [1.165, 1.54) is 16.9 Å². The average molecular weight is 329 g/mol. The second kappa shape index (κ2) is 7.18. The van der Waals surface area contributed by atoms with Crippen LogP contribution in [0.25, 0.3) is 0 Å². The highest BCUT2D eigenvalue weighted by Crippen LogP contribution is 2.31. The van der Waals surface area contributed by atoms with Gasteiger partial charge in [-0.3, -0.25) is 14.7 Å². The summed E-state index contributed by atoms with van der Waals surface area (Å²) >= 11 is 13.1. The molecule has 0 bridgehead atoms. The number of aromatic nitrogens is 1. The zero-order valence-electron chi connectivity index (χ0n) is 11.0. The fourth-order valence-corrected chi connectivity index (χ4v) is 3.31. The third-order valence-corrected chi connectivity index (χ3v) is 4.39. The predicted octanol–water partition coefficient (Wildman–Crippen LogP) is 3.81. The number of halogens is 2. The first kappa shape index (κ1) is 15.4. The third-order valence-electron chi connectivity index (χ3n) is 2.90. The number of nitrogens with zero attached hydrogens (tertiary/aromatic N) is 2. The standard InChI is InChI=1S/C14H14Cl2N2OS/c1-18(7-4-10-2-5-17-6-3-10)9-12(19)11-8-13(15)20-14(11)16/h2-3,5-6,8H,4,7,9H2,1H3. The first-order chi connectivity index (χ1) is 9.56. The van der Waals surface area contributed by atoms with Gasteiger partial charge in [-0.15, -0.1) is 11.3 Å². The number of likely N-dealkylation sites (N-methyl/N-ethyl adjacent to an activating group) is 1. The van der Waals surface area contributed by atoms with Gasteiger partial charge in [0.15, 0.2) is 5.78 Å². The van der Waals surface area contributed by atoms with Gasteiger partial charge in [0.1, 0.15) is 4.34 Å². The van der Waals surface area contributed by atoms with Gasteiger partial charge in [-0.25, -0.2) is 0 Å².